The molecule has 3 N–H and O–H groups in total. The third-order valence-electron chi connectivity index (χ3n) is 7.73. The van der Waals surface area contributed by atoms with E-state index in [4.69, 9.17) is 10.7 Å². The molecule has 3 rings (SSSR count). The first kappa shape index (κ1) is 31.3. The van der Waals surface area contributed by atoms with Crippen LogP contribution >= 0.6 is 11.9 Å². The minimum Gasteiger partial charge on any atom is -0.351 e. The Kier molecular flexibility index (Phi) is 11.1. The van der Waals surface area contributed by atoms with Gasteiger partial charge in [-0.15, -0.1) is 0 Å². The molecule has 0 radical (unpaired) electrons. The van der Waals surface area contributed by atoms with Crippen molar-refractivity contribution >= 4 is 35.4 Å². The second-order valence-electron chi connectivity index (χ2n) is 10.7. The highest BCUT2D eigenvalue weighted by Gasteiger charge is 2.45. The summed E-state index contributed by atoms with van der Waals surface area (Å²) >= 11 is 1.80. The Bertz CT molecular complexity index is 1020. The van der Waals surface area contributed by atoms with E-state index in [-0.39, 0.29) is 12.3 Å². The zero-order chi connectivity index (χ0) is 28.6. The van der Waals surface area contributed by atoms with Crippen molar-refractivity contribution in [2.45, 2.75) is 96.2 Å². The van der Waals surface area contributed by atoms with E-state index in [1.54, 1.807) is 19.0 Å². The number of anilines is 1. The van der Waals surface area contributed by atoms with Crippen LogP contribution in [0.1, 0.15) is 80.9 Å². The maximum absolute atomic E-state index is 12.8. The van der Waals surface area contributed by atoms with Crippen molar-refractivity contribution in [2.24, 2.45) is 10.7 Å². The van der Waals surface area contributed by atoms with E-state index in [1.807, 2.05) is 12.1 Å². The van der Waals surface area contributed by atoms with Gasteiger partial charge in [0, 0.05) is 44.4 Å². The number of nitrogens with one attached hydrogen (secondary N) is 1. The lowest BCUT2D eigenvalue weighted by molar-refractivity contribution is -0.135. The number of carbonyl (C=O) groups is 2. The number of benzene rings is 1. The van der Waals surface area contributed by atoms with Gasteiger partial charge < -0.3 is 11.1 Å². The number of hydrogen-bond acceptors (Lipinski definition) is 5. The average Bonchev–Trinajstić information content (AvgIpc) is 3.16. The molecule has 1 aromatic carbocycles. The SMILES string of the molecule is Cc1cc(N(C)C(N)=O)cc(C)c1CCSN1CCC2(CC1)N=C(CCCCCCCCC(F)(F)F)NC2=O. The van der Waals surface area contributed by atoms with Crippen molar-refractivity contribution in [3.63, 3.8) is 0 Å². The number of amidine groups is 1. The molecular weight excluding hydrogens is 527 g/mol. The average molecular weight is 570 g/mol. The Hall–Kier alpha value is -2.27. The normalized spacial score (nSPS) is 17.4. The number of hydrogen-bond donors (Lipinski definition) is 2. The predicted octanol–water partition coefficient (Wildman–Crippen LogP) is 6.06. The molecule has 0 unspecified atom stereocenters. The van der Waals surface area contributed by atoms with Crippen LogP contribution in [-0.4, -0.2) is 59.7 Å². The number of halogens is 3. The van der Waals surface area contributed by atoms with Crippen LogP contribution in [-0.2, 0) is 11.2 Å². The summed E-state index contributed by atoms with van der Waals surface area (Å²) in [4.78, 5) is 30.5. The zero-order valence-electron chi connectivity index (χ0n) is 23.3. The van der Waals surface area contributed by atoms with Gasteiger partial charge in [-0.2, -0.15) is 13.2 Å². The summed E-state index contributed by atoms with van der Waals surface area (Å²) in [7, 11) is 1.67. The number of urea groups is 1. The summed E-state index contributed by atoms with van der Waals surface area (Å²) in [5.74, 6) is 1.69. The molecule has 2 heterocycles. The first-order chi connectivity index (χ1) is 18.4. The van der Waals surface area contributed by atoms with Gasteiger partial charge in [-0.25, -0.2) is 4.79 Å². The number of aryl methyl sites for hydroxylation is 2. The molecule has 0 saturated carbocycles. The Morgan fingerprint density at radius 3 is 2.26 bits per heavy atom. The van der Waals surface area contributed by atoms with Crippen LogP contribution in [0.15, 0.2) is 17.1 Å². The fraction of sp³-hybridized carbons (Fsp3) is 0.679. The fourth-order valence-corrected chi connectivity index (χ4v) is 6.31. The molecule has 0 aromatic heterocycles. The van der Waals surface area contributed by atoms with Crippen molar-refractivity contribution in [1.82, 2.24) is 9.62 Å². The molecule has 218 valence electrons. The predicted molar refractivity (Wildman–Crippen MR) is 152 cm³/mol. The highest BCUT2D eigenvalue weighted by atomic mass is 32.2. The van der Waals surface area contributed by atoms with Crippen LogP contribution in [0.5, 0.6) is 0 Å². The van der Waals surface area contributed by atoms with Gasteiger partial charge in [0.25, 0.3) is 5.91 Å². The van der Waals surface area contributed by atoms with E-state index in [9.17, 15) is 22.8 Å². The molecule has 1 aromatic rings. The van der Waals surface area contributed by atoms with Gasteiger partial charge in [-0.05, 0) is 74.8 Å². The molecular formula is C28H42F3N5O2S. The Labute approximate surface area is 234 Å². The van der Waals surface area contributed by atoms with Crippen LogP contribution < -0.4 is 16.0 Å². The van der Waals surface area contributed by atoms with Gasteiger partial charge in [0.05, 0.1) is 0 Å². The second-order valence-corrected chi connectivity index (χ2v) is 11.9. The number of aliphatic imine (C=N–C) groups is 1. The number of primary amides is 1. The number of alkyl halides is 3. The quantitative estimate of drug-likeness (QED) is 0.223. The first-order valence-electron chi connectivity index (χ1n) is 13.9. The van der Waals surface area contributed by atoms with Crippen molar-refractivity contribution in [3.8, 4) is 0 Å². The van der Waals surface area contributed by atoms with Crippen LogP contribution in [0.2, 0.25) is 0 Å². The first-order valence-corrected chi connectivity index (χ1v) is 14.8. The zero-order valence-corrected chi connectivity index (χ0v) is 24.1. The number of rotatable bonds is 13. The molecule has 3 amide bonds. The Morgan fingerprint density at radius 2 is 1.67 bits per heavy atom. The lowest BCUT2D eigenvalue weighted by Crippen LogP contribution is -2.47. The van der Waals surface area contributed by atoms with E-state index < -0.39 is 24.2 Å². The summed E-state index contributed by atoms with van der Waals surface area (Å²) in [6.45, 7) is 5.71. The highest BCUT2D eigenvalue weighted by Crippen LogP contribution is 2.33. The molecule has 1 fully saturated rings. The van der Waals surface area contributed by atoms with Gasteiger partial charge in [0.2, 0.25) is 0 Å². The standard InChI is InChI=1S/C28H42F3N5O2S/c1-20-18-22(35(3)26(32)38)19-21(2)23(20)11-17-39-36-15-13-27(14-16-36)25(37)33-24(34-27)10-8-6-4-5-7-9-12-28(29,30)31/h18-19H,4-17H2,1-3H3,(H2,32,38)(H,33,34,37). The number of carbonyl (C=O) groups excluding carboxylic acids is 2. The van der Waals surface area contributed by atoms with E-state index in [0.717, 1.165) is 73.6 Å². The van der Waals surface area contributed by atoms with E-state index in [0.29, 0.717) is 25.7 Å². The molecule has 2 aliphatic rings. The molecule has 1 saturated heterocycles. The molecule has 0 aliphatic carbocycles. The maximum Gasteiger partial charge on any atom is 0.389 e. The molecule has 2 aliphatic heterocycles. The van der Waals surface area contributed by atoms with Crippen LogP contribution in [0, 0.1) is 13.8 Å². The Morgan fingerprint density at radius 1 is 1.08 bits per heavy atom. The Balaban J connectivity index is 1.37. The highest BCUT2D eigenvalue weighted by molar-refractivity contribution is 7.97. The van der Waals surface area contributed by atoms with Gasteiger partial charge >= 0.3 is 12.2 Å². The van der Waals surface area contributed by atoms with Crippen LogP contribution in [0.4, 0.5) is 23.7 Å². The van der Waals surface area contributed by atoms with Crippen molar-refractivity contribution in [1.29, 1.82) is 0 Å². The van der Waals surface area contributed by atoms with Crippen molar-refractivity contribution in [2.75, 3.05) is 30.8 Å². The molecule has 1 spiro atoms. The summed E-state index contributed by atoms with van der Waals surface area (Å²) in [6, 6.07) is 3.51. The number of piperidine rings is 1. The number of unbranched alkanes of at least 4 members (excludes halogenated alkanes) is 5. The van der Waals surface area contributed by atoms with Gasteiger partial charge in [0.15, 0.2) is 0 Å². The topological polar surface area (TPSA) is 91.0 Å². The minimum absolute atomic E-state index is 0.00145. The lowest BCUT2D eigenvalue weighted by Gasteiger charge is -2.34. The van der Waals surface area contributed by atoms with E-state index >= 15 is 0 Å². The van der Waals surface area contributed by atoms with Gasteiger partial charge in [-0.3, -0.25) is 19.0 Å². The third-order valence-corrected chi connectivity index (χ3v) is 8.84. The fourth-order valence-electron chi connectivity index (χ4n) is 5.31. The lowest BCUT2D eigenvalue weighted by atomic mass is 9.89. The minimum atomic E-state index is -4.05. The molecule has 0 bridgehead atoms. The summed E-state index contributed by atoms with van der Waals surface area (Å²) in [5, 5.41) is 2.98. The van der Waals surface area contributed by atoms with Crippen LogP contribution in [0.25, 0.3) is 0 Å². The summed E-state index contributed by atoms with van der Waals surface area (Å²) in [6.07, 6.45) is 2.60. The van der Waals surface area contributed by atoms with E-state index in [1.165, 1.54) is 10.5 Å². The van der Waals surface area contributed by atoms with Gasteiger partial charge in [-0.1, -0.05) is 37.6 Å². The summed E-state index contributed by atoms with van der Waals surface area (Å²) < 4.78 is 38.9. The number of amides is 3. The van der Waals surface area contributed by atoms with Crippen molar-refractivity contribution in [3.05, 3.63) is 28.8 Å². The largest absolute Gasteiger partial charge is 0.389 e. The third kappa shape index (κ3) is 9.13. The van der Waals surface area contributed by atoms with Crippen molar-refractivity contribution < 1.29 is 22.8 Å². The number of nitrogens with two attached hydrogens (primary N) is 1. The molecule has 7 nitrogen and oxygen atoms in total. The number of nitrogens with zero attached hydrogens (tertiary/aromatic N) is 3. The van der Waals surface area contributed by atoms with Crippen LogP contribution in [0.3, 0.4) is 0 Å². The molecule has 0 atom stereocenters. The smallest absolute Gasteiger partial charge is 0.351 e. The molecule has 39 heavy (non-hydrogen) atoms. The maximum atomic E-state index is 12.8. The van der Waals surface area contributed by atoms with Gasteiger partial charge in [0.1, 0.15) is 11.4 Å². The van der Waals surface area contributed by atoms with E-state index in [2.05, 4.69) is 23.5 Å². The monoisotopic (exact) mass is 569 g/mol. The second kappa shape index (κ2) is 13.9. The molecule has 11 heteroatoms. The summed E-state index contributed by atoms with van der Waals surface area (Å²) in [5.41, 5.74) is 9.11.